The van der Waals surface area contributed by atoms with Gasteiger partial charge in [-0.2, -0.15) is 0 Å². The van der Waals surface area contributed by atoms with Crippen LogP contribution in [0.2, 0.25) is 5.02 Å². The molecule has 1 aromatic heterocycles. The summed E-state index contributed by atoms with van der Waals surface area (Å²) in [6.45, 7) is 3.27. The predicted octanol–water partition coefficient (Wildman–Crippen LogP) is 4.12. The molecule has 0 bridgehead atoms. The van der Waals surface area contributed by atoms with Crippen LogP contribution in [0.3, 0.4) is 0 Å². The van der Waals surface area contributed by atoms with Gasteiger partial charge in [0.25, 0.3) is 5.91 Å². The highest BCUT2D eigenvalue weighted by molar-refractivity contribution is 6.31. The summed E-state index contributed by atoms with van der Waals surface area (Å²) in [5.41, 5.74) is 2.52. The third-order valence-electron chi connectivity index (χ3n) is 4.92. The molecule has 9 nitrogen and oxygen atoms in total. The topological polar surface area (TPSA) is 114 Å². The van der Waals surface area contributed by atoms with Crippen LogP contribution in [-0.4, -0.2) is 44.2 Å². The Bertz CT molecular complexity index is 1170. The lowest BCUT2D eigenvalue weighted by Gasteiger charge is -2.15. The van der Waals surface area contributed by atoms with E-state index in [0.717, 1.165) is 11.1 Å². The van der Waals surface area contributed by atoms with Crippen molar-refractivity contribution in [2.24, 2.45) is 0 Å². The van der Waals surface area contributed by atoms with Crippen LogP contribution in [0.15, 0.2) is 54.7 Å². The van der Waals surface area contributed by atoms with Gasteiger partial charge in [-0.15, -0.1) is 0 Å². The van der Waals surface area contributed by atoms with Crippen LogP contribution in [0, 0.1) is 6.92 Å². The molecule has 35 heavy (non-hydrogen) atoms. The first-order valence-corrected chi connectivity index (χ1v) is 11.3. The van der Waals surface area contributed by atoms with Crippen molar-refractivity contribution in [1.82, 2.24) is 20.9 Å². The maximum Gasteiger partial charge on any atom is 0.319 e. The predicted molar refractivity (Wildman–Crippen MR) is 136 cm³/mol. The fraction of sp³-hybridized carbons (Fsp3) is 0.240. The molecule has 0 atom stereocenters. The van der Waals surface area contributed by atoms with Crippen molar-refractivity contribution < 1.29 is 19.1 Å². The molecule has 1 heterocycles. The molecule has 2 aromatic carbocycles. The van der Waals surface area contributed by atoms with Crippen molar-refractivity contribution in [3.05, 3.63) is 76.6 Å². The quantitative estimate of drug-likeness (QED) is 0.313. The maximum atomic E-state index is 12.5. The average molecular weight is 498 g/mol. The molecular weight excluding hydrogens is 470 g/mol. The van der Waals surface area contributed by atoms with Gasteiger partial charge in [0.2, 0.25) is 0 Å². The van der Waals surface area contributed by atoms with Crippen LogP contribution in [-0.2, 0) is 6.54 Å². The Balaban J connectivity index is 1.56. The molecule has 0 fully saturated rings. The van der Waals surface area contributed by atoms with Gasteiger partial charge >= 0.3 is 6.03 Å². The molecule has 0 saturated carbocycles. The monoisotopic (exact) mass is 497 g/mol. The highest BCUT2D eigenvalue weighted by atomic mass is 35.5. The molecule has 0 aliphatic rings. The highest BCUT2D eigenvalue weighted by Gasteiger charge is 2.12. The number of nitrogens with one attached hydrogen (secondary N) is 4. The van der Waals surface area contributed by atoms with Crippen LogP contribution in [0.1, 0.15) is 21.6 Å². The molecule has 0 aliphatic heterocycles. The molecule has 0 unspecified atom stereocenters. The Kier molecular flexibility index (Phi) is 9.28. The Hall–Kier alpha value is -3.82. The average Bonchev–Trinajstić information content (AvgIpc) is 2.86. The summed E-state index contributed by atoms with van der Waals surface area (Å²) in [6.07, 6.45) is 1.51. The van der Waals surface area contributed by atoms with E-state index >= 15 is 0 Å². The summed E-state index contributed by atoms with van der Waals surface area (Å²) in [6, 6.07) is 13.6. The van der Waals surface area contributed by atoms with Gasteiger partial charge in [-0.05, 0) is 49.4 Å². The number of carbonyl (C=O) groups is 2. The van der Waals surface area contributed by atoms with Crippen molar-refractivity contribution in [2.75, 3.05) is 32.6 Å². The standard InChI is InChI=1S/C25H28ClN5O4/c1-16-12-21(23(14-20(16)26)34-11-10-27-2)31-25(33)30-15-17-4-6-18(7-5-17)35-19-8-9-29-22(13-19)24(32)28-3/h4-9,12-14,27H,10-11,15H2,1-3H3,(H,28,32)(H2,30,31,33). The number of halogens is 1. The summed E-state index contributed by atoms with van der Waals surface area (Å²) in [5.74, 6) is 1.30. The van der Waals surface area contributed by atoms with E-state index < -0.39 is 0 Å². The van der Waals surface area contributed by atoms with Gasteiger partial charge in [-0.25, -0.2) is 4.79 Å². The van der Waals surface area contributed by atoms with E-state index in [-0.39, 0.29) is 17.6 Å². The molecule has 0 spiro atoms. The minimum atomic E-state index is -0.371. The fourth-order valence-corrected chi connectivity index (χ4v) is 3.18. The summed E-state index contributed by atoms with van der Waals surface area (Å²) in [5, 5.41) is 11.7. The third kappa shape index (κ3) is 7.59. The first-order valence-electron chi connectivity index (χ1n) is 11.0. The van der Waals surface area contributed by atoms with Gasteiger partial charge in [-0.1, -0.05) is 23.7 Å². The summed E-state index contributed by atoms with van der Waals surface area (Å²) in [7, 11) is 3.37. The summed E-state index contributed by atoms with van der Waals surface area (Å²) >= 11 is 6.21. The van der Waals surface area contributed by atoms with Gasteiger partial charge in [0.1, 0.15) is 29.5 Å². The first-order chi connectivity index (χ1) is 16.9. The molecule has 10 heteroatoms. The van der Waals surface area contributed by atoms with Crippen LogP contribution in [0.25, 0.3) is 0 Å². The number of nitrogens with zero attached hydrogens (tertiary/aromatic N) is 1. The maximum absolute atomic E-state index is 12.5. The molecule has 0 aliphatic carbocycles. The summed E-state index contributed by atoms with van der Waals surface area (Å²) < 4.78 is 11.5. The number of rotatable bonds is 10. The van der Waals surface area contributed by atoms with Crippen molar-refractivity contribution in [3.63, 3.8) is 0 Å². The molecule has 3 amide bonds. The van der Waals surface area contributed by atoms with E-state index in [1.807, 2.05) is 26.1 Å². The van der Waals surface area contributed by atoms with Crippen molar-refractivity contribution in [1.29, 1.82) is 0 Å². The van der Waals surface area contributed by atoms with Gasteiger partial charge in [0, 0.05) is 43.5 Å². The number of urea groups is 1. The number of amides is 3. The lowest BCUT2D eigenvalue weighted by molar-refractivity contribution is 0.0958. The number of pyridine rings is 1. The number of ether oxygens (including phenoxy) is 2. The fourth-order valence-electron chi connectivity index (χ4n) is 3.03. The number of carbonyl (C=O) groups excluding carboxylic acids is 2. The normalized spacial score (nSPS) is 10.4. The number of benzene rings is 2. The largest absolute Gasteiger partial charge is 0.490 e. The Morgan fingerprint density at radius 2 is 1.80 bits per heavy atom. The summed E-state index contributed by atoms with van der Waals surface area (Å²) in [4.78, 5) is 28.2. The second-order valence-corrected chi connectivity index (χ2v) is 7.97. The second kappa shape index (κ2) is 12.6. The van der Waals surface area contributed by atoms with E-state index in [1.165, 1.54) is 6.20 Å². The minimum Gasteiger partial charge on any atom is -0.490 e. The van der Waals surface area contributed by atoms with Crippen LogP contribution in [0.5, 0.6) is 17.2 Å². The zero-order chi connectivity index (χ0) is 25.2. The Labute approximate surface area is 209 Å². The number of aromatic nitrogens is 1. The van der Waals surface area contributed by atoms with E-state index in [9.17, 15) is 9.59 Å². The van der Waals surface area contributed by atoms with Crippen molar-refractivity contribution in [2.45, 2.75) is 13.5 Å². The Morgan fingerprint density at radius 1 is 1.03 bits per heavy atom. The lowest BCUT2D eigenvalue weighted by atomic mass is 10.2. The number of hydrogen-bond donors (Lipinski definition) is 4. The first kappa shape index (κ1) is 25.8. The number of anilines is 1. The zero-order valence-corrected chi connectivity index (χ0v) is 20.5. The number of hydrogen-bond acceptors (Lipinski definition) is 6. The van der Waals surface area contributed by atoms with Crippen LogP contribution < -0.4 is 30.7 Å². The SMILES string of the molecule is CNCCOc1cc(Cl)c(C)cc1NC(=O)NCc1ccc(Oc2ccnc(C(=O)NC)c2)cc1. The third-order valence-corrected chi connectivity index (χ3v) is 5.33. The number of aryl methyl sites for hydroxylation is 1. The molecule has 0 saturated heterocycles. The van der Waals surface area contributed by atoms with Crippen molar-refractivity contribution in [3.8, 4) is 17.2 Å². The van der Waals surface area contributed by atoms with Crippen LogP contribution >= 0.6 is 11.6 Å². The van der Waals surface area contributed by atoms with E-state index in [2.05, 4.69) is 26.3 Å². The zero-order valence-electron chi connectivity index (χ0n) is 19.8. The van der Waals surface area contributed by atoms with Gasteiger partial charge in [-0.3, -0.25) is 9.78 Å². The highest BCUT2D eigenvalue weighted by Crippen LogP contribution is 2.31. The molecular formula is C25H28ClN5O4. The Morgan fingerprint density at radius 3 is 2.51 bits per heavy atom. The molecule has 3 aromatic rings. The van der Waals surface area contributed by atoms with Gasteiger partial charge in [0.15, 0.2) is 0 Å². The lowest BCUT2D eigenvalue weighted by Crippen LogP contribution is -2.28. The molecule has 4 N–H and O–H groups in total. The van der Waals surface area contributed by atoms with Crippen molar-refractivity contribution >= 4 is 29.2 Å². The molecule has 3 rings (SSSR count). The molecule has 184 valence electrons. The second-order valence-electron chi connectivity index (χ2n) is 7.56. The van der Waals surface area contributed by atoms with Crippen LogP contribution in [0.4, 0.5) is 10.5 Å². The van der Waals surface area contributed by atoms with E-state index in [4.69, 9.17) is 21.1 Å². The smallest absolute Gasteiger partial charge is 0.319 e. The molecule has 0 radical (unpaired) electrons. The number of likely N-dealkylation sites (N-methyl/N-ethyl adjacent to an activating group) is 1. The van der Waals surface area contributed by atoms with Gasteiger partial charge < -0.3 is 30.7 Å². The van der Waals surface area contributed by atoms with Gasteiger partial charge in [0.05, 0.1) is 5.69 Å². The van der Waals surface area contributed by atoms with E-state index in [1.54, 1.807) is 43.4 Å². The minimum absolute atomic E-state index is 0.267. The van der Waals surface area contributed by atoms with E-state index in [0.29, 0.717) is 47.7 Å².